The van der Waals surface area contributed by atoms with E-state index >= 15 is 0 Å². The Kier molecular flexibility index (Phi) is 3.00. The van der Waals surface area contributed by atoms with Crippen LogP contribution in [0.3, 0.4) is 0 Å². The molecule has 5 heteroatoms. The molecule has 2 N–H and O–H groups in total. The monoisotopic (exact) mass is 200 g/mol. The molecule has 0 aliphatic rings. The normalized spacial score (nSPS) is 12.6. The van der Waals surface area contributed by atoms with E-state index in [-0.39, 0.29) is 0 Å². The van der Waals surface area contributed by atoms with Gasteiger partial charge >= 0.3 is 0 Å². The number of rotatable bonds is 2. The summed E-state index contributed by atoms with van der Waals surface area (Å²) in [6, 6.07) is 0. The third-order valence-electron chi connectivity index (χ3n) is 1.52. The quantitative estimate of drug-likeness (QED) is 0.751. The molecule has 1 aromatic heterocycles. The van der Waals surface area contributed by atoms with Crippen molar-refractivity contribution in [2.45, 2.75) is 26.9 Å². The van der Waals surface area contributed by atoms with Crippen LogP contribution in [0.5, 0.6) is 0 Å². The third-order valence-corrected chi connectivity index (χ3v) is 2.51. The Hall–Kier alpha value is -0.940. The molecule has 1 heterocycles. The number of carbonyl (C=O) groups is 1. The molecule has 0 saturated heterocycles. The average molecular weight is 200 g/mol. The zero-order valence-corrected chi connectivity index (χ0v) is 8.60. The summed E-state index contributed by atoms with van der Waals surface area (Å²) < 4.78 is 0. The van der Waals surface area contributed by atoms with Gasteiger partial charge in [-0.05, 0) is 20.8 Å². The minimum atomic E-state index is -0.984. The van der Waals surface area contributed by atoms with E-state index < -0.39 is 12.0 Å². The summed E-state index contributed by atoms with van der Waals surface area (Å²) in [5.74, 6) is -0.397. The molecule has 1 atom stereocenters. The highest BCUT2D eigenvalue weighted by molar-refractivity contribution is 7.16. The first-order valence-electron chi connectivity index (χ1n) is 3.93. The highest BCUT2D eigenvalue weighted by Gasteiger charge is 2.12. The molecule has 13 heavy (non-hydrogen) atoms. The summed E-state index contributed by atoms with van der Waals surface area (Å²) in [6.07, 6.45) is -0.984. The molecule has 0 fully saturated rings. The van der Waals surface area contributed by atoms with E-state index in [4.69, 9.17) is 5.11 Å². The van der Waals surface area contributed by atoms with Gasteiger partial charge in [-0.25, -0.2) is 4.98 Å². The molecular formula is C8H12N2O2S. The Morgan fingerprint density at radius 2 is 2.23 bits per heavy atom. The van der Waals surface area contributed by atoms with Gasteiger partial charge in [-0.2, -0.15) is 0 Å². The zero-order chi connectivity index (χ0) is 10.0. The van der Waals surface area contributed by atoms with E-state index in [2.05, 4.69) is 10.3 Å². The van der Waals surface area contributed by atoms with Gasteiger partial charge in [0.2, 0.25) is 0 Å². The second-order valence-corrected chi connectivity index (χ2v) is 4.02. The van der Waals surface area contributed by atoms with Gasteiger partial charge in [0.15, 0.2) is 0 Å². The number of aryl methyl sites for hydroxylation is 2. The predicted octanol–water partition coefficient (Wildman–Crippen LogP) is 1.08. The number of carbonyl (C=O) groups excluding carboxylic acids is 1. The first kappa shape index (κ1) is 10.1. The lowest BCUT2D eigenvalue weighted by atomic mass is 10.4. The fraction of sp³-hybridized carbons (Fsp3) is 0.500. The van der Waals surface area contributed by atoms with Crippen LogP contribution in [0.25, 0.3) is 0 Å². The van der Waals surface area contributed by atoms with Gasteiger partial charge in [-0.15, -0.1) is 11.3 Å². The Labute approximate surface area is 80.6 Å². The van der Waals surface area contributed by atoms with Crippen LogP contribution < -0.4 is 5.32 Å². The van der Waals surface area contributed by atoms with Gasteiger partial charge in [0.25, 0.3) is 5.91 Å². The molecular weight excluding hydrogens is 188 g/mol. The summed E-state index contributed by atoms with van der Waals surface area (Å²) >= 11 is 1.41. The maximum atomic E-state index is 11.1. The van der Waals surface area contributed by atoms with Crippen molar-refractivity contribution in [3.63, 3.8) is 0 Å². The van der Waals surface area contributed by atoms with E-state index in [1.54, 1.807) is 0 Å². The van der Waals surface area contributed by atoms with Crippen LogP contribution >= 0.6 is 11.3 Å². The highest BCUT2D eigenvalue weighted by atomic mass is 32.1. The van der Waals surface area contributed by atoms with Gasteiger partial charge < -0.3 is 10.4 Å². The van der Waals surface area contributed by atoms with Gasteiger partial charge in [-0.3, -0.25) is 4.79 Å². The molecule has 4 nitrogen and oxygen atoms in total. The van der Waals surface area contributed by atoms with Crippen molar-refractivity contribution in [2.75, 3.05) is 5.32 Å². The van der Waals surface area contributed by atoms with Crippen LogP contribution in [0, 0.1) is 13.8 Å². The van der Waals surface area contributed by atoms with Gasteiger partial charge in [0.05, 0.1) is 10.7 Å². The molecule has 0 aliphatic carbocycles. The van der Waals surface area contributed by atoms with Gasteiger partial charge in [0, 0.05) is 0 Å². The SMILES string of the molecule is Cc1nc(C)c(NC(=O)[C@H](C)O)s1. The van der Waals surface area contributed by atoms with Crippen molar-refractivity contribution < 1.29 is 9.90 Å². The Morgan fingerprint density at radius 3 is 2.62 bits per heavy atom. The number of hydrogen-bond acceptors (Lipinski definition) is 4. The number of thiazole rings is 1. The molecule has 1 rings (SSSR count). The molecule has 1 aromatic rings. The number of nitrogens with zero attached hydrogens (tertiary/aromatic N) is 1. The van der Waals surface area contributed by atoms with Crippen LogP contribution in [0.1, 0.15) is 17.6 Å². The molecule has 0 spiro atoms. The van der Waals surface area contributed by atoms with E-state index in [9.17, 15) is 4.79 Å². The summed E-state index contributed by atoms with van der Waals surface area (Å²) in [5.41, 5.74) is 0.788. The molecule has 0 saturated carbocycles. The first-order valence-corrected chi connectivity index (χ1v) is 4.75. The number of aromatic nitrogens is 1. The first-order chi connectivity index (χ1) is 6.00. The maximum Gasteiger partial charge on any atom is 0.253 e. The van der Waals surface area contributed by atoms with Crippen molar-refractivity contribution in [2.24, 2.45) is 0 Å². The highest BCUT2D eigenvalue weighted by Crippen LogP contribution is 2.22. The van der Waals surface area contributed by atoms with Crippen molar-refractivity contribution in [1.82, 2.24) is 4.98 Å². The Balaban J connectivity index is 2.74. The molecule has 0 bridgehead atoms. The number of amides is 1. The zero-order valence-electron chi connectivity index (χ0n) is 7.79. The summed E-state index contributed by atoms with van der Waals surface area (Å²) in [4.78, 5) is 15.2. The standard InChI is InChI=1S/C8H12N2O2S/c1-4-8(13-6(3)9-4)10-7(12)5(2)11/h5,11H,1-3H3,(H,10,12)/t5-/m0/s1. The molecule has 1 amide bonds. The van der Waals surface area contributed by atoms with E-state index in [0.717, 1.165) is 10.7 Å². The molecule has 0 radical (unpaired) electrons. The number of hydrogen-bond donors (Lipinski definition) is 2. The fourth-order valence-electron chi connectivity index (χ4n) is 0.864. The van der Waals surface area contributed by atoms with E-state index in [0.29, 0.717) is 5.00 Å². The van der Waals surface area contributed by atoms with Crippen LogP contribution in [-0.4, -0.2) is 22.1 Å². The lowest BCUT2D eigenvalue weighted by Gasteiger charge is -2.04. The Bertz CT molecular complexity index is 320. The molecule has 72 valence electrons. The van der Waals surface area contributed by atoms with E-state index in [1.807, 2.05) is 13.8 Å². The minimum Gasteiger partial charge on any atom is -0.384 e. The summed E-state index contributed by atoms with van der Waals surface area (Å²) in [5, 5.41) is 13.2. The second kappa shape index (κ2) is 3.85. The average Bonchev–Trinajstić information content (AvgIpc) is 2.30. The van der Waals surface area contributed by atoms with Crippen molar-refractivity contribution in [3.05, 3.63) is 10.7 Å². The smallest absolute Gasteiger partial charge is 0.253 e. The largest absolute Gasteiger partial charge is 0.384 e. The van der Waals surface area contributed by atoms with Crippen molar-refractivity contribution in [3.8, 4) is 0 Å². The van der Waals surface area contributed by atoms with E-state index in [1.165, 1.54) is 18.3 Å². The van der Waals surface area contributed by atoms with Gasteiger partial charge in [0.1, 0.15) is 11.1 Å². The second-order valence-electron chi connectivity index (χ2n) is 2.81. The number of anilines is 1. The predicted molar refractivity (Wildman–Crippen MR) is 51.9 cm³/mol. The maximum absolute atomic E-state index is 11.1. The third kappa shape index (κ3) is 2.50. The van der Waals surface area contributed by atoms with Crippen molar-refractivity contribution >= 4 is 22.2 Å². The molecule has 0 unspecified atom stereocenters. The lowest BCUT2D eigenvalue weighted by Crippen LogP contribution is -2.24. The van der Waals surface area contributed by atoms with Gasteiger partial charge in [-0.1, -0.05) is 0 Å². The summed E-state index contributed by atoms with van der Waals surface area (Å²) in [7, 11) is 0. The molecule has 0 aliphatic heterocycles. The van der Waals surface area contributed by atoms with Crippen molar-refractivity contribution in [1.29, 1.82) is 0 Å². The fourth-order valence-corrected chi connectivity index (χ4v) is 1.69. The topological polar surface area (TPSA) is 62.2 Å². The summed E-state index contributed by atoms with van der Waals surface area (Å²) in [6.45, 7) is 5.12. The van der Waals surface area contributed by atoms with Crippen LogP contribution in [0.2, 0.25) is 0 Å². The molecule has 0 aromatic carbocycles. The van der Waals surface area contributed by atoms with Crippen LogP contribution in [0.4, 0.5) is 5.00 Å². The number of nitrogens with one attached hydrogen (secondary N) is 1. The van der Waals surface area contributed by atoms with Crippen LogP contribution in [-0.2, 0) is 4.79 Å². The van der Waals surface area contributed by atoms with Crippen LogP contribution in [0.15, 0.2) is 0 Å². The number of aliphatic hydroxyl groups excluding tert-OH is 1. The Morgan fingerprint density at radius 1 is 1.62 bits per heavy atom. The number of aliphatic hydroxyl groups is 1. The minimum absolute atomic E-state index is 0.397. The lowest BCUT2D eigenvalue weighted by molar-refractivity contribution is -0.123.